The van der Waals surface area contributed by atoms with Crippen LogP contribution in [0.25, 0.3) is 0 Å². The molecule has 0 saturated carbocycles. The van der Waals surface area contributed by atoms with Crippen LogP contribution in [0.5, 0.6) is 17.2 Å². The third kappa shape index (κ3) is 11.4. The van der Waals surface area contributed by atoms with Crippen LogP contribution < -0.4 is 14.2 Å². The van der Waals surface area contributed by atoms with Crippen LogP contribution in [0.4, 0.5) is 0 Å². The van der Waals surface area contributed by atoms with Gasteiger partial charge in [0, 0.05) is 10.8 Å². The smallest absolute Gasteiger partial charge is 0.119 e. The maximum Gasteiger partial charge on any atom is 0.119 e. The second-order valence-corrected chi connectivity index (χ2v) is 16.3. The van der Waals surface area contributed by atoms with E-state index in [9.17, 15) is 0 Å². The molecule has 0 bridgehead atoms. The van der Waals surface area contributed by atoms with E-state index >= 15 is 0 Å². The van der Waals surface area contributed by atoms with Gasteiger partial charge in [0.25, 0.3) is 0 Å². The first-order valence-electron chi connectivity index (χ1n) is 20.3. The molecule has 4 aromatic rings. The van der Waals surface area contributed by atoms with Crippen LogP contribution in [0.15, 0.2) is 97.1 Å². The Morgan fingerprint density at radius 2 is 0.754 bits per heavy atom. The molecule has 5 fully saturated rings. The van der Waals surface area contributed by atoms with Gasteiger partial charge in [0.1, 0.15) is 67.6 Å². The van der Waals surface area contributed by atoms with E-state index in [0.717, 1.165) is 50.3 Å². The van der Waals surface area contributed by atoms with Crippen molar-refractivity contribution in [1.29, 1.82) is 0 Å². The van der Waals surface area contributed by atoms with E-state index in [0.29, 0.717) is 51.8 Å². The molecule has 0 N–H and O–H groups in total. The Morgan fingerprint density at radius 3 is 1.12 bits per heavy atom. The van der Waals surface area contributed by atoms with Crippen molar-refractivity contribution in [2.45, 2.75) is 75.1 Å². The average Bonchev–Trinajstić information content (AvgIpc) is 4.01. The summed E-state index contributed by atoms with van der Waals surface area (Å²) < 4.78 is 54.5. The van der Waals surface area contributed by atoms with E-state index in [4.69, 9.17) is 47.4 Å². The van der Waals surface area contributed by atoms with E-state index in [1.54, 1.807) is 0 Å². The number of benzene rings is 4. The molecule has 4 aromatic carbocycles. The number of rotatable bonds is 21. The monoisotopic (exact) mass is 780 g/mol. The summed E-state index contributed by atoms with van der Waals surface area (Å²) >= 11 is 0. The highest BCUT2D eigenvalue weighted by Crippen LogP contribution is 2.42. The minimum Gasteiger partial charge on any atom is -0.491 e. The minimum atomic E-state index is -0.400. The lowest BCUT2D eigenvalue weighted by atomic mass is 9.70. The molecule has 6 atom stereocenters. The second kappa shape index (κ2) is 17.9. The zero-order valence-corrected chi connectivity index (χ0v) is 33.6. The first-order valence-corrected chi connectivity index (χ1v) is 20.3. The van der Waals surface area contributed by atoms with Crippen molar-refractivity contribution in [3.8, 4) is 17.2 Å². The zero-order valence-electron chi connectivity index (χ0n) is 33.6. The fourth-order valence-electron chi connectivity index (χ4n) is 6.70. The first-order chi connectivity index (χ1) is 27.7. The Balaban J connectivity index is 0.000000296. The molecular formula is C47H56O10. The molecule has 5 aliphatic rings. The number of hydrogen-bond acceptors (Lipinski definition) is 10. The molecule has 5 saturated heterocycles. The summed E-state index contributed by atoms with van der Waals surface area (Å²) in [5.41, 5.74) is 5.50. The van der Waals surface area contributed by atoms with Crippen molar-refractivity contribution >= 4 is 0 Å². The molecule has 0 aromatic heterocycles. The molecule has 0 radical (unpaired) electrons. The summed E-state index contributed by atoms with van der Waals surface area (Å²) in [5, 5.41) is 0. The van der Waals surface area contributed by atoms with Gasteiger partial charge in [-0.2, -0.15) is 0 Å². The van der Waals surface area contributed by atoms with Gasteiger partial charge in [0.15, 0.2) is 0 Å². The van der Waals surface area contributed by atoms with Gasteiger partial charge in [-0.15, -0.1) is 0 Å². The van der Waals surface area contributed by atoms with Crippen LogP contribution in [0.2, 0.25) is 0 Å². The fourth-order valence-corrected chi connectivity index (χ4v) is 6.70. The predicted molar refractivity (Wildman–Crippen MR) is 215 cm³/mol. The molecule has 0 aliphatic carbocycles. The Labute approximate surface area is 336 Å². The molecular weight excluding hydrogens is 725 g/mol. The number of hydrogen-bond donors (Lipinski definition) is 0. The van der Waals surface area contributed by atoms with Gasteiger partial charge in [-0.3, -0.25) is 0 Å². The summed E-state index contributed by atoms with van der Waals surface area (Å²) in [5.74, 6) is 2.58. The number of ether oxygens (including phenoxy) is 10. The lowest BCUT2D eigenvalue weighted by Crippen LogP contribution is -2.26. The molecule has 5 aliphatic heterocycles. The average molecular weight is 781 g/mol. The van der Waals surface area contributed by atoms with Gasteiger partial charge in [-0.1, -0.05) is 74.5 Å². The quantitative estimate of drug-likeness (QED) is 0.0655. The van der Waals surface area contributed by atoms with Crippen LogP contribution >= 0.6 is 0 Å². The van der Waals surface area contributed by atoms with Crippen LogP contribution in [0.1, 0.15) is 55.5 Å². The second-order valence-electron chi connectivity index (χ2n) is 16.3. The maximum absolute atomic E-state index is 5.94. The minimum absolute atomic E-state index is 0.156. The van der Waals surface area contributed by atoms with E-state index in [1.807, 2.05) is 6.92 Å². The summed E-state index contributed by atoms with van der Waals surface area (Å²) in [6, 6.07) is 34.5. The standard InChI is InChI=1S/C38H40O6.C9H16O4/c1-37(2,27-8-14-31(15-9-27)39-20-34-23-42-34)26-4-6-28(7-5-26)38(3,29-10-16-32(17-11-29)40-21-35-24-43-35)30-12-18-33(19-13-30)41-22-36-25-44-36;1-7(11-4-9-6-13-9)2-10-3-8-5-12-8/h4-19,34-36H,20-25H2,1-3H3;7-9H,2-6H2,1H3. The first kappa shape index (κ1) is 39.8. The summed E-state index contributed by atoms with van der Waals surface area (Å²) in [6.07, 6.45) is 1.54. The molecule has 5 heterocycles. The third-order valence-corrected chi connectivity index (χ3v) is 11.2. The van der Waals surface area contributed by atoms with Crippen molar-refractivity contribution < 1.29 is 47.4 Å². The van der Waals surface area contributed by atoms with Crippen molar-refractivity contribution in [2.24, 2.45) is 0 Å². The van der Waals surface area contributed by atoms with Crippen LogP contribution in [-0.2, 0) is 44.0 Å². The van der Waals surface area contributed by atoms with Crippen molar-refractivity contribution in [1.82, 2.24) is 0 Å². The van der Waals surface area contributed by atoms with Gasteiger partial charge in [-0.05, 0) is 78.1 Å². The van der Waals surface area contributed by atoms with Gasteiger partial charge in [0.05, 0.1) is 59.0 Å². The Bertz CT molecular complexity index is 1780. The van der Waals surface area contributed by atoms with Crippen molar-refractivity contribution in [3.63, 3.8) is 0 Å². The lowest BCUT2D eigenvalue weighted by molar-refractivity contribution is -0.0146. The fraction of sp³-hybridized carbons (Fsp3) is 0.489. The topological polar surface area (TPSA) is 109 Å². The van der Waals surface area contributed by atoms with E-state index in [-0.39, 0.29) is 29.8 Å². The van der Waals surface area contributed by atoms with Gasteiger partial charge in [-0.25, -0.2) is 0 Å². The normalized spacial score (nSPS) is 24.2. The maximum atomic E-state index is 5.94. The van der Waals surface area contributed by atoms with Crippen LogP contribution in [0, 0.1) is 0 Å². The molecule has 10 nitrogen and oxygen atoms in total. The summed E-state index contributed by atoms with van der Waals surface area (Å²) in [4.78, 5) is 0. The third-order valence-electron chi connectivity index (χ3n) is 11.2. The molecule has 10 heteroatoms. The van der Waals surface area contributed by atoms with E-state index in [2.05, 4.69) is 118 Å². The SMILES string of the molecule is CC(C)(c1ccc(OCC2CO2)cc1)c1ccc(C(C)(c2ccc(OCC3CO3)cc2)c2ccc(OCC3CO3)cc2)cc1.CC(COCC1CO1)OCC1CO1. The summed E-state index contributed by atoms with van der Waals surface area (Å²) in [7, 11) is 0. The highest BCUT2D eigenvalue weighted by atomic mass is 16.6. The van der Waals surface area contributed by atoms with Gasteiger partial charge in [0.2, 0.25) is 0 Å². The molecule has 0 amide bonds. The van der Waals surface area contributed by atoms with Crippen LogP contribution in [-0.4, -0.2) is 109 Å². The van der Waals surface area contributed by atoms with Crippen molar-refractivity contribution in [3.05, 3.63) is 125 Å². The Morgan fingerprint density at radius 1 is 0.456 bits per heavy atom. The molecule has 304 valence electrons. The summed E-state index contributed by atoms with van der Waals surface area (Å²) in [6.45, 7) is 16.7. The van der Waals surface area contributed by atoms with Crippen LogP contribution in [0.3, 0.4) is 0 Å². The van der Waals surface area contributed by atoms with Gasteiger partial charge < -0.3 is 47.4 Å². The molecule has 9 rings (SSSR count). The largest absolute Gasteiger partial charge is 0.491 e. The van der Waals surface area contributed by atoms with Gasteiger partial charge >= 0.3 is 0 Å². The Kier molecular flexibility index (Phi) is 12.5. The molecule has 0 spiro atoms. The Hall–Kier alpha value is -4.00. The zero-order chi connectivity index (χ0) is 39.2. The highest BCUT2D eigenvalue weighted by molar-refractivity contribution is 5.53. The molecule has 57 heavy (non-hydrogen) atoms. The highest BCUT2D eigenvalue weighted by Gasteiger charge is 2.33. The predicted octanol–water partition coefficient (Wildman–Crippen LogP) is 6.91. The van der Waals surface area contributed by atoms with E-state index < -0.39 is 5.41 Å². The number of epoxide rings is 5. The lowest BCUT2D eigenvalue weighted by Gasteiger charge is -2.33. The van der Waals surface area contributed by atoms with Crippen molar-refractivity contribution in [2.75, 3.05) is 72.7 Å². The van der Waals surface area contributed by atoms with E-state index in [1.165, 1.54) is 27.8 Å². The molecule has 6 unspecified atom stereocenters.